The number of carbonyl (C=O) groups is 2. The standard InChI is InChI=1S/C16H21FN2O2/c1-11(2)14(16(21)19-9-3-4-10-19)18-15(20)12-5-7-13(17)8-6-12/h5-8,11,14H,3-4,9-10H2,1-2H3,(H,18,20)/t14-/m0/s1. The molecular weight excluding hydrogens is 271 g/mol. The molecule has 2 rings (SSSR count). The number of likely N-dealkylation sites (tertiary alicyclic amines) is 1. The van der Waals surface area contributed by atoms with Gasteiger partial charge in [0.25, 0.3) is 5.91 Å². The highest BCUT2D eigenvalue weighted by molar-refractivity contribution is 5.97. The van der Waals surface area contributed by atoms with Gasteiger partial charge in [-0.3, -0.25) is 9.59 Å². The second-order valence-corrected chi connectivity index (χ2v) is 5.73. The highest BCUT2D eigenvalue weighted by atomic mass is 19.1. The Morgan fingerprint density at radius 3 is 2.24 bits per heavy atom. The number of nitrogens with zero attached hydrogens (tertiary/aromatic N) is 1. The van der Waals surface area contributed by atoms with Gasteiger partial charge >= 0.3 is 0 Å². The molecule has 2 amide bonds. The van der Waals surface area contributed by atoms with Crippen LogP contribution in [0.4, 0.5) is 4.39 Å². The molecule has 1 aliphatic rings. The van der Waals surface area contributed by atoms with Gasteiger partial charge in [-0.2, -0.15) is 0 Å². The van der Waals surface area contributed by atoms with E-state index < -0.39 is 6.04 Å². The lowest BCUT2D eigenvalue weighted by Crippen LogP contribution is -2.50. The monoisotopic (exact) mass is 292 g/mol. The third-order valence-corrected chi connectivity index (χ3v) is 3.74. The molecule has 0 aliphatic carbocycles. The Morgan fingerprint density at radius 2 is 1.71 bits per heavy atom. The molecule has 1 atom stereocenters. The number of hydrogen-bond acceptors (Lipinski definition) is 2. The van der Waals surface area contributed by atoms with Gasteiger partial charge in [0.1, 0.15) is 11.9 Å². The first-order valence-corrected chi connectivity index (χ1v) is 7.34. The van der Waals surface area contributed by atoms with E-state index in [1.165, 1.54) is 24.3 Å². The van der Waals surface area contributed by atoms with Crippen LogP contribution in [0.1, 0.15) is 37.0 Å². The third kappa shape index (κ3) is 3.80. The Kier molecular flexibility index (Phi) is 4.94. The maximum atomic E-state index is 12.9. The second kappa shape index (κ2) is 6.70. The fraction of sp³-hybridized carbons (Fsp3) is 0.500. The molecule has 0 spiro atoms. The second-order valence-electron chi connectivity index (χ2n) is 5.73. The van der Waals surface area contributed by atoms with Crippen molar-refractivity contribution in [2.75, 3.05) is 13.1 Å². The third-order valence-electron chi connectivity index (χ3n) is 3.74. The van der Waals surface area contributed by atoms with E-state index in [9.17, 15) is 14.0 Å². The highest BCUT2D eigenvalue weighted by Gasteiger charge is 2.30. The number of nitrogens with one attached hydrogen (secondary N) is 1. The number of rotatable bonds is 4. The van der Waals surface area contributed by atoms with Crippen LogP contribution in [0.5, 0.6) is 0 Å². The maximum absolute atomic E-state index is 12.9. The number of amides is 2. The molecule has 114 valence electrons. The minimum absolute atomic E-state index is 0.00231. The topological polar surface area (TPSA) is 49.4 Å². The van der Waals surface area contributed by atoms with E-state index in [2.05, 4.69) is 5.32 Å². The maximum Gasteiger partial charge on any atom is 0.251 e. The Bertz CT molecular complexity index is 508. The van der Waals surface area contributed by atoms with Crippen molar-refractivity contribution in [2.45, 2.75) is 32.7 Å². The van der Waals surface area contributed by atoms with Gasteiger partial charge in [0, 0.05) is 18.7 Å². The van der Waals surface area contributed by atoms with Crippen molar-refractivity contribution >= 4 is 11.8 Å². The van der Waals surface area contributed by atoms with E-state index in [1.54, 1.807) is 4.90 Å². The van der Waals surface area contributed by atoms with Crippen LogP contribution in [0.3, 0.4) is 0 Å². The van der Waals surface area contributed by atoms with Crippen molar-refractivity contribution < 1.29 is 14.0 Å². The van der Waals surface area contributed by atoms with Crippen LogP contribution in [0.2, 0.25) is 0 Å². The lowest BCUT2D eigenvalue weighted by molar-refractivity contribution is -0.133. The van der Waals surface area contributed by atoms with Crippen LogP contribution >= 0.6 is 0 Å². The van der Waals surface area contributed by atoms with Gasteiger partial charge in [0.15, 0.2) is 0 Å². The van der Waals surface area contributed by atoms with Crippen molar-refractivity contribution in [3.05, 3.63) is 35.6 Å². The molecular formula is C16H21FN2O2. The first-order chi connectivity index (χ1) is 9.99. The molecule has 0 unspecified atom stereocenters. The number of carbonyl (C=O) groups excluding carboxylic acids is 2. The predicted octanol–water partition coefficient (Wildman–Crippen LogP) is 2.20. The molecule has 1 aromatic carbocycles. The summed E-state index contributed by atoms with van der Waals surface area (Å²) in [6.07, 6.45) is 2.03. The van der Waals surface area contributed by atoms with E-state index in [4.69, 9.17) is 0 Å². The molecule has 1 heterocycles. The van der Waals surface area contributed by atoms with Gasteiger partial charge < -0.3 is 10.2 Å². The molecule has 1 fully saturated rings. The molecule has 1 N–H and O–H groups in total. The van der Waals surface area contributed by atoms with E-state index in [-0.39, 0.29) is 23.5 Å². The van der Waals surface area contributed by atoms with Crippen molar-refractivity contribution in [1.29, 1.82) is 0 Å². The van der Waals surface area contributed by atoms with Crippen LogP contribution in [0, 0.1) is 11.7 Å². The van der Waals surface area contributed by atoms with Crippen molar-refractivity contribution in [3.8, 4) is 0 Å². The van der Waals surface area contributed by atoms with Crippen molar-refractivity contribution in [3.63, 3.8) is 0 Å². The first kappa shape index (κ1) is 15.5. The van der Waals surface area contributed by atoms with Crippen molar-refractivity contribution in [2.24, 2.45) is 5.92 Å². The number of halogens is 1. The van der Waals surface area contributed by atoms with E-state index in [1.807, 2.05) is 13.8 Å². The summed E-state index contributed by atoms with van der Waals surface area (Å²) in [6.45, 7) is 5.33. The summed E-state index contributed by atoms with van der Waals surface area (Å²) in [6, 6.07) is 4.77. The summed E-state index contributed by atoms with van der Waals surface area (Å²) in [5.41, 5.74) is 0.358. The zero-order valence-corrected chi connectivity index (χ0v) is 12.4. The summed E-state index contributed by atoms with van der Waals surface area (Å²) in [5, 5.41) is 2.78. The molecule has 1 saturated heterocycles. The Hall–Kier alpha value is -1.91. The van der Waals surface area contributed by atoms with Crippen LogP contribution in [-0.4, -0.2) is 35.8 Å². The molecule has 1 aliphatic heterocycles. The summed E-state index contributed by atoms with van der Waals surface area (Å²) < 4.78 is 12.9. The zero-order chi connectivity index (χ0) is 15.4. The average molecular weight is 292 g/mol. The van der Waals surface area contributed by atoms with E-state index in [0.29, 0.717) is 5.56 Å². The molecule has 0 aromatic heterocycles. The minimum atomic E-state index is -0.541. The van der Waals surface area contributed by atoms with Crippen LogP contribution < -0.4 is 5.32 Å². The normalized spacial score (nSPS) is 16.1. The first-order valence-electron chi connectivity index (χ1n) is 7.34. The number of hydrogen-bond donors (Lipinski definition) is 1. The molecule has 5 heteroatoms. The van der Waals surface area contributed by atoms with Gasteiger partial charge in [-0.05, 0) is 43.0 Å². The largest absolute Gasteiger partial charge is 0.341 e. The Balaban J connectivity index is 2.06. The van der Waals surface area contributed by atoms with Crippen molar-refractivity contribution in [1.82, 2.24) is 10.2 Å². The molecule has 0 radical (unpaired) electrons. The summed E-state index contributed by atoms with van der Waals surface area (Å²) in [7, 11) is 0. The van der Waals surface area contributed by atoms with Gasteiger partial charge in [-0.15, -0.1) is 0 Å². The van der Waals surface area contributed by atoms with Crippen LogP contribution in [0.15, 0.2) is 24.3 Å². The van der Waals surface area contributed by atoms with Gasteiger partial charge in [-0.25, -0.2) is 4.39 Å². The number of benzene rings is 1. The molecule has 0 saturated carbocycles. The molecule has 4 nitrogen and oxygen atoms in total. The van der Waals surface area contributed by atoms with Gasteiger partial charge in [0.05, 0.1) is 0 Å². The predicted molar refractivity (Wildman–Crippen MR) is 78.3 cm³/mol. The quantitative estimate of drug-likeness (QED) is 0.925. The average Bonchev–Trinajstić information content (AvgIpc) is 2.98. The van der Waals surface area contributed by atoms with E-state index >= 15 is 0 Å². The summed E-state index contributed by atoms with van der Waals surface area (Å²) in [4.78, 5) is 26.4. The summed E-state index contributed by atoms with van der Waals surface area (Å²) >= 11 is 0. The van der Waals surface area contributed by atoms with Crippen LogP contribution in [-0.2, 0) is 4.79 Å². The Labute approximate surface area is 124 Å². The fourth-order valence-corrected chi connectivity index (χ4v) is 2.47. The Morgan fingerprint density at radius 1 is 1.14 bits per heavy atom. The lowest BCUT2D eigenvalue weighted by atomic mass is 10.0. The smallest absolute Gasteiger partial charge is 0.251 e. The highest BCUT2D eigenvalue weighted by Crippen LogP contribution is 2.14. The van der Waals surface area contributed by atoms with Crippen LogP contribution in [0.25, 0.3) is 0 Å². The zero-order valence-electron chi connectivity index (χ0n) is 12.4. The fourth-order valence-electron chi connectivity index (χ4n) is 2.47. The molecule has 21 heavy (non-hydrogen) atoms. The minimum Gasteiger partial charge on any atom is -0.341 e. The van der Waals surface area contributed by atoms with E-state index in [0.717, 1.165) is 25.9 Å². The molecule has 0 bridgehead atoms. The summed E-state index contributed by atoms with van der Waals surface area (Å²) in [5.74, 6) is -0.762. The lowest BCUT2D eigenvalue weighted by Gasteiger charge is -2.26. The van der Waals surface area contributed by atoms with Gasteiger partial charge in [0.2, 0.25) is 5.91 Å². The molecule has 1 aromatic rings. The van der Waals surface area contributed by atoms with Gasteiger partial charge in [-0.1, -0.05) is 13.8 Å². The SMILES string of the molecule is CC(C)[C@H](NC(=O)c1ccc(F)cc1)C(=O)N1CCCC1.